The summed E-state index contributed by atoms with van der Waals surface area (Å²) in [5, 5.41) is 21.3. The minimum Gasteiger partial charge on any atom is -0.493 e. The molecular formula is C28H29N3O5. The highest BCUT2D eigenvalue weighted by molar-refractivity contribution is 5.81. The summed E-state index contributed by atoms with van der Waals surface area (Å²) in [4.78, 5) is 15.5. The molecule has 1 saturated heterocycles. The Morgan fingerprint density at radius 2 is 1.61 bits per heavy atom. The molecule has 0 N–H and O–H groups in total. The molecule has 0 aliphatic carbocycles. The first-order valence-corrected chi connectivity index (χ1v) is 11.6. The van der Waals surface area contributed by atoms with Crippen LogP contribution in [0, 0.1) is 28.1 Å². The zero-order valence-corrected chi connectivity index (χ0v) is 21.2. The Balaban J connectivity index is 2.02. The molecule has 2 aliphatic heterocycles. The lowest BCUT2D eigenvalue weighted by Gasteiger charge is -2.34. The van der Waals surface area contributed by atoms with Gasteiger partial charge in [0.15, 0.2) is 16.9 Å². The molecule has 2 heterocycles. The zero-order chi connectivity index (χ0) is 26.3. The Hall–Kier alpha value is -4.17. The number of rotatable bonds is 5. The molecule has 3 atom stereocenters. The standard InChI is InChI=1S/C28H29N3O5/c1-27(2,3)36-26(32)23-22(18-13-20(33-4)24(35-6)21(14-18)34-5)28(15-29,16-30)25-19-10-8-7-9-17(19)11-12-31(23)25/h7-14,22-23,25H,1-6H3. The molecule has 2 aromatic carbocycles. The molecule has 2 aromatic rings. The Bertz CT molecular complexity index is 1260. The van der Waals surface area contributed by atoms with E-state index in [2.05, 4.69) is 12.1 Å². The highest BCUT2D eigenvalue weighted by Crippen LogP contribution is 2.60. The van der Waals surface area contributed by atoms with Crippen molar-refractivity contribution >= 4 is 12.0 Å². The molecular weight excluding hydrogens is 458 g/mol. The van der Waals surface area contributed by atoms with Crippen molar-refractivity contribution in [1.29, 1.82) is 10.5 Å². The van der Waals surface area contributed by atoms with Gasteiger partial charge in [0.05, 0.1) is 39.5 Å². The predicted octanol–water partition coefficient (Wildman–Crippen LogP) is 4.58. The third kappa shape index (κ3) is 3.79. The van der Waals surface area contributed by atoms with Crippen LogP contribution in [0.1, 0.15) is 49.4 Å². The number of ether oxygens (including phenoxy) is 4. The quantitative estimate of drug-likeness (QED) is 0.565. The highest BCUT2D eigenvalue weighted by atomic mass is 16.6. The highest BCUT2D eigenvalue weighted by Gasteiger charge is 2.64. The second-order valence-corrected chi connectivity index (χ2v) is 9.80. The van der Waals surface area contributed by atoms with Gasteiger partial charge in [-0.1, -0.05) is 24.3 Å². The first kappa shape index (κ1) is 24.9. The maximum absolute atomic E-state index is 13.8. The molecule has 0 saturated carbocycles. The van der Waals surface area contributed by atoms with E-state index < -0.39 is 35.0 Å². The van der Waals surface area contributed by atoms with Gasteiger partial charge in [-0.3, -0.25) is 0 Å². The monoisotopic (exact) mass is 487 g/mol. The topological polar surface area (TPSA) is 105 Å². The van der Waals surface area contributed by atoms with E-state index in [4.69, 9.17) is 18.9 Å². The van der Waals surface area contributed by atoms with Crippen LogP contribution in [-0.4, -0.2) is 43.8 Å². The van der Waals surface area contributed by atoms with Crippen molar-refractivity contribution in [2.75, 3.05) is 21.3 Å². The van der Waals surface area contributed by atoms with Gasteiger partial charge >= 0.3 is 5.97 Å². The number of carbonyl (C=O) groups excluding carboxylic acids is 1. The number of nitrogens with zero attached hydrogens (tertiary/aromatic N) is 3. The van der Waals surface area contributed by atoms with Crippen LogP contribution in [0.3, 0.4) is 0 Å². The Kier molecular flexibility index (Phi) is 6.32. The normalized spacial score (nSPS) is 21.4. The van der Waals surface area contributed by atoms with E-state index in [9.17, 15) is 15.3 Å². The number of benzene rings is 2. The van der Waals surface area contributed by atoms with Gasteiger partial charge in [-0.15, -0.1) is 0 Å². The number of nitriles is 2. The van der Waals surface area contributed by atoms with E-state index >= 15 is 0 Å². The summed E-state index contributed by atoms with van der Waals surface area (Å²) in [6, 6.07) is 13.9. The van der Waals surface area contributed by atoms with Gasteiger partial charge in [-0.25, -0.2) is 4.79 Å². The van der Waals surface area contributed by atoms with Crippen LogP contribution in [0.2, 0.25) is 0 Å². The van der Waals surface area contributed by atoms with Crippen LogP contribution >= 0.6 is 0 Å². The molecule has 186 valence electrons. The van der Waals surface area contributed by atoms with Crippen LogP contribution in [0.5, 0.6) is 17.2 Å². The number of fused-ring (bicyclic) bond motifs is 3. The Morgan fingerprint density at radius 1 is 1.00 bits per heavy atom. The van der Waals surface area contributed by atoms with Crippen molar-refractivity contribution in [2.24, 2.45) is 5.41 Å². The van der Waals surface area contributed by atoms with Crippen molar-refractivity contribution in [1.82, 2.24) is 4.90 Å². The third-order valence-electron chi connectivity index (χ3n) is 6.64. The minimum absolute atomic E-state index is 0.361. The van der Waals surface area contributed by atoms with E-state index in [1.54, 1.807) is 44.0 Å². The van der Waals surface area contributed by atoms with Gasteiger partial charge in [0.25, 0.3) is 0 Å². The van der Waals surface area contributed by atoms with Crippen molar-refractivity contribution in [2.45, 2.75) is 44.4 Å². The lowest BCUT2D eigenvalue weighted by molar-refractivity contribution is -0.160. The van der Waals surface area contributed by atoms with Gasteiger partial charge in [-0.2, -0.15) is 10.5 Å². The average Bonchev–Trinajstić information content (AvgIpc) is 3.18. The van der Waals surface area contributed by atoms with E-state index in [1.165, 1.54) is 21.3 Å². The minimum atomic E-state index is -1.63. The van der Waals surface area contributed by atoms with E-state index in [1.807, 2.05) is 30.3 Å². The van der Waals surface area contributed by atoms with Gasteiger partial charge in [0, 0.05) is 12.1 Å². The molecule has 3 unspecified atom stereocenters. The molecule has 36 heavy (non-hydrogen) atoms. The van der Waals surface area contributed by atoms with Crippen molar-refractivity contribution < 1.29 is 23.7 Å². The van der Waals surface area contributed by atoms with E-state index in [0.717, 1.165) is 11.1 Å². The Labute approximate surface area is 211 Å². The summed E-state index contributed by atoms with van der Waals surface area (Å²) in [5.41, 5.74) is -0.182. The fourth-order valence-electron chi connectivity index (χ4n) is 5.28. The van der Waals surface area contributed by atoms with E-state index in [0.29, 0.717) is 22.8 Å². The molecule has 0 aromatic heterocycles. The van der Waals surface area contributed by atoms with Crippen molar-refractivity contribution in [3.05, 3.63) is 59.3 Å². The summed E-state index contributed by atoms with van der Waals surface area (Å²) in [5.74, 6) is -0.321. The number of carbonyl (C=O) groups is 1. The molecule has 2 aliphatic rings. The lowest BCUT2D eigenvalue weighted by Crippen LogP contribution is -2.41. The van der Waals surface area contributed by atoms with Crippen LogP contribution in [0.4, 0.5) is 0 Å². The summed E-state index contributed by atoms with van der Waals surface area (Å²) in [7, 11) is 4.48. The summed E-state index contributed by atoms with van der Waals surface area (Å²) >= 11 is 0. The maximum Gasteiger partial charge on any atom is 0.330 e. The molecule has 0 amide bonds. The number of methoxy groups -OCH3 is 3. The molecule has 0 spiro atoms. The van der Waals surface area contributed by atoms with E-state index in [-0.39, 0.29) is 0 Å². The van der Waals surface area contributed by atoms with Gasteiger partial charge in [-0.05, 0) is 55.7 Å². The number of esters is 1. The first-order valence-electron chi connectivity index (χ1n) is 11.6. The molecule has 0 radical (unpaired) electrons. The molecule has 0 bridgehead atoms. The molecule has 1 fully saturated rings. The first-order chi connectivity index (χ1) is 17.1. The fraction of sp³-hybridized carbons (Fsp3) is 0.393. The van der Waals surface area contributed by atoms with Crippen molar-refractivity contribution in [3.8, 4) is 29.4 Å². The fourth-order valence-corrected chi connectivity index (χ4v) is 5.28. The van der Waals surface area contributed by atoms with Crippen LogP contribution < -0.4 is 14.2 Å². The van der Waals surface area contributed by atoms with Crippen LogP contribution in [0.15, 0.2) is 42.6 Å². The third-order valence-corrected chi connectivity index (χ3v) is 6.64. The van der Waals surface area contributed by atoms with Gasteiger partial charge in [0.1, 0.15) is 11.6 Å². The second-order valence-electron chi connectivity index (χ2n) is 9.80. The molecule has 8 nitrogen and oxygen atoms in total. The Morgan fingerprint density at radius 3 is 2.14 bits per heavy atom. The van der Waals surface area contributed by atoms with Gasteiger partial charge < -0.3 is 23.8 Å². The van der Waals surface area contributed by atoms with Crippen LogP contribution in [-0.2, 0) is 9.53 Å². The van der Waals surface area contributed by atoms with Crippen LogP contribution in [0.25, 0.3) is 6.08 Å². The van der Waals surface area contributed by atoms with Gasteiger partial charge in [0.2, 0.25) is 5.75 Å². The molecule has 4 rings (SSSR count). The lowest BCUT2D eigenvalue weighted by atomic mass is 9.68. The predicted molar refractivity (Wildman–Crippen MR) is 132 cm³/mol. The second kappa shape index (κ2) is 9.13. The average molecular weight is 488 g/mol. The zero-order valence-electron chi connectivity index (χ0n) is 21.2. The SMILES string of the molecule is COc1cc(C2C(C(=O)OC(C)(C)C)N3C=Cc4ccccc4C3C2(C#N)C#N)cc(OC)c1OC. The largest absolute Gasteiger partial charge is 0.493 e. The summed E-state index contributed by atoms with van der Waals surface area (Å²) in [6.45, 7) is 5.36. The number of hydrogen-bond acceptors (Lipinski definition) is 8. The summed E-state index contributed by atoms with van der Waals surface area (Å²) in [6.07, 6.45) is 3.67. The maximum atomic E-state index is 13.8. The molecule has 8 heteroatoms. The van der Waals surface area contributed by atoms with Crippen molar-refractivity contribution in [3.63, 3.8) is 0 Å². The number of hydrogen-bond donors (Lipinski definition) is 0. The smallest absolute Gasteiger partial charge is 0.330 e. The summed E-state index contributed by atoms with van der Waals surface area (Å²) < 4.78 is 22.4.